The number of hydrogen-bond acceptors (Lipinski definition) is 2. The molecule has 1 atom stereocenters. The monoisotopic (exact) mass is 259 g/mol. The number of benzene rings is 1. The second-order valence-corrected chi connectivity index (χ2v) is 6.16. The molecule has 2 heteroatoms. The smallest absolute Gasteiger partial charge is 0.0629 e. The molecule has 1 unspecified atom stereocenters. The molecule has 2 aromatic rings. The highest BCUT2D eigenvalue weighted by molar-refractivity contribution is 7.10. The average Bonchev–Trinajstić information content (AvgIpc) is 2.83. The molecule has 1 heterocycles. The summed E-state index contributed by atoms with van der Waals surface area (Å²) in [6.45, 7) is 8.84. The Balaban J connectivity index is 2.21. The third kappa shape index (κ3) is 2.94. The Bertz CT molecular complexity index is 500. The van der Waals surface area contributed by atoms with Gasteiger partial charge in [0.25, 0.3) is 0 Å². The van der Waals surface area contributed by atoms with E-state index in [-0.39, 0.29) is 0 Å². The van der Waals surface area contributed by atoms with Crippen molar-refractivity contribution in [3.63, 3.8) is 0 Å². The highest BCUT2D eigenvalue weighted by Crippen LogP contribution is 2.30. The van der Waals surface area contributed by atoms with Gasteiger partial charge in [-0.15, -0.1) is 11.3 Å². The Morgan fingerprint density at radius 3 is 2.39 bits per heavy atom. The summed E-state index contributed by atoms with van der Waals surface area (Å²) in [6, 6.07) is 11.3. The lowest BCUT2D eigenvalue weighted by atomic mass is 10.0. The molecule has 96 valence electrons. The molecule has 0 saturated heterocycles. The summed E-state index contributed by atoms with van der Waals surface area (Å²) in [5.74, 6) is 0.574. The van der Waals surface area contributed by atoms with Gasteiger partial charge in [-0.2, -0.15) is 0 Å². The maximum Gasteiger partial charge on any atom is 0.0629 e. The summed E-state index contributed by atoms with van der Waals surface area (Å²) >= 11 is 1.82. The van der Waals surface area contributed by atoms with E-state index >= 15 is 0 Å². The predicted molar refractivity (Wildman–Crippen MR) is 81.4 cm³/mol. The van der Waals surface area contributed by atoms with Crippen LogP contribution in [0.3, 0.4) is 0 Å². The van der Waals surface area contributed by atoms with Crippen LogP contribution in [0.4, 0.5) is 5.69 Å². The Labute approximate surface area is 114 Å². The minimum absolute atomic E-state index is 0.395. The van der Waals surface area contributed by atoms with Crippen molar-refractivity contribution in [2.24, 2.45) is 5.92 Å². The Kier molecular flexibility index (Phi) is 4.07. The zero-order valence-corrected chi connectivity index (χ0v) is 12.3. The van der Waals surface area contributed by atoms with Gasteiger partial charge in [0.2, 0.25) is 0 Å². The molecule has 0 aliphatic rings. The molecule has 1 aromatic carbocycles. The topological polar surface area (TPSA) is 12.0 Å². The van der Waals surface area contributed by atoms with Gasteiger partial charge < -0.3 is 5.32 Å². The summed E-state index contributed by atoms with van der Waals surface area (Å²) in [5.41, 5.74) is 3.90. The van der Waals surface area contributed by atoms with Gasteiger partial charge >= 0.3 is 0 Å². The molecule has 0 amide bonds. The Morgan fingerprint density at radius 1 is 1.06 bits per heavy atom. The first-order valence-corrected chi connectivity index (χ1v) is 7.33. The quantitative estimate of drug-likeness (QED) is 0.798. The minimum atomic E-state index is 0.395. The van der Waals surface area contributed by atoms with Crippen LogP contribution in [0.5, 0.6) is 0 Å². The molecule has 0 bridgehead atoms. The number of rotatable bonds is 4. The number of thiophene rings is 1. The Morgan fingerprint density at radius 2 is 1.83 bits per heavy atom. The van der Waals surface area contributed by atoms with Gasteiger partial charge in [-0.25, -0.2) is 0 Å². The zero-order chi connectivity index (χ0) is 13.1. The van der Waals surface area contributed by atoms with Crippen LogP contribution in [0, 0.1) is 19.8 Å². The van der Waals surface area contributed by atoms with Crippen LogP contribution in [0.1, 0.15) is 35.9 Å². The highest BCUT2D eigenvalue weighted by atomic mass is 32.1. The van der Waals surface area contributed by atoms with Gasteiger partial charge in [0.1, 0.15) is 0 Å². The summed E-state index contributed by atoms with van der Waals surface area (Å²) in [6.07, 6.45) is 0. The van der Waals surface area contributed by atoms with Gasteiger partial charge in [0, 0.05) is 10.6 Å². The summed E-state index contributed by atoms with van der Waals surface area (Å²) < 4.78 is 0. The van der Waals surface area contributed by atoms with Crippen LogP contribution in [-0.4, -0.2) is 0 Å². The van der Waals surface area contributed by atoms with E-state index in [1.807, 2.05) is 11.3 Å². The molecular weight excluding hydrogens is 238 g/mol. The lowest BCUT2D eigenvalue weighted by molar-refractivity contribution is 0.554. The predicted octanol–water partition coefficient (Wildman–Crippen LogP) is 5.17. The van der Waals surface area contributed by atoms with E-state index in [2.05, 4.69) is 68.7 Å². The van der Waals surface area contributed by atoms with E-state index in [1.165, 1.54) is 21.7 Å². The number of anilines is 1. The van der Waals surface area contributed by atoms with E-state index in [9.17, 15) is 0 Å². The van der Waals surface area contributed by atoms with Crippen molar-refractivity contribution in [1.82, 2.24) is 0 Å². The first-order chi connectivity index (χ1) is 8.58. The van der Waals surface area contributed by atoms with Crippen LogP contribution in [0.25, 0.3) is 0 Å². The van der Waals surface area contributed by atoms with Gasteiger partial charge in [-0.05, 0) is 54.5 Å². The van der Waals surface area contributed by atoms with Crippen LogP contribution in [-0.2, 0) is 0 Å². The lowest BCUT2D eigenvalue weighted by Gasteiger charge is -2.23. The molecule has 2 rings (SSSR count). The molecule has 0 fully saturated rings. The average molecular weight is 259 g/mol. The fourth-order valence-corrected chi connectivity index (χ4v) is 2.99. The van der Waals surface area contributed by atoms with Crippen LogP contribution >= 0.6 is 11.3 Å². The molecule has 18 heavy (non-hydrogen) atoms. The van der Waals surface area contributed by atoms with Crippen LogP contribution < -0.4 is 5.32 Å². The van der Waals surface area contributed by atoms with E-state index in [4.69, 9.17) is 0 Å². The normalized spacial score (nSPS) is 12.7. The summed E-state index contributed by atoms with van der Waals surface area (Å²) in [4.78, 5) is 1.41. The Hall–Kier alpha value is -1.28. The van der Waals surface area contributed by atoms with Crippen molar-refractivity contribution >= 4 is 17.0 Å². The number of nitrogens with one attached hydrogen (secondary N) is 1. The third-order valence-corrected chi connectivity index (χ3v) is 4.30. The molecular formula is C16H21NS. The van der Waals surface area contributed by atoms with Crippen molar-refractivity contribution in [2.45, 2.75) is 33.7 Å². The maximum absolute atomic E-state index is 3.66. The minimum Gasteiger partial charge on any atom is -0.377 e. The second kappa shape index (κ2) is 5.57. The van der Waals surface area contributed by atoms with Crippen molar-refractivity contribution in [3.05, 3.63) is 51.7 Å². The van der Waals surface area contributed by atoms with E-state index in [0.717, 1.165) is 0 Å². The summed E-state index contributed by atoms with van der Waals surface area (Å²) in [7, 11) is 0. The standard InChI is InChI=1S/C16H21NS/c1-11(2)16(15-6-5-9-18-15)17-14-8-7-12(3)13(4)10-14/h5-11,16-17H,1-4H3. The van der Waals surface area contributed by atoms with Crippen LogP contribution in [0.15, 0.2) is 35.7 Å². The van der Waals surface area contributed by atoms with E-state index in [0.29, 0.717) is 12.0 Å². The van der Waals surface area contributed by atoms with Gasteiger partial charge in [0.15, 0.2) is 0 Å². The fraction of sp³-hybridized carbons (Fsp3) is 0.375. The molecule has 0 aliphatic carbocycles. The highest BCUT2D eigenvalue weighted by Gasteiger charge is 2.16. The zero-order valence-electron chi connectivity index (χ0n) is 11.5. The van der Waals surface area contributed by atoms with Crippen molar-refractivity contribution < 1.29 is 0 Å². The van der Waals surface area contributed by atoms with Gasteiger partial charge in [-0.1, -0.05) is 26.0 Å². The maximum atomic E-state index is 3.66. The van der Waals surface area contributed by atoms with Crippen LogP contribution in [0.2, 0.25) is 0 Å². The van der Waals surface area contributed by atoms with E-state index < -0.39 is 0 Å². The number of hydrogen-bond donors (Lipinski definition) is 1. The first-order valence-electron chi connectivity index (χ1n) is 6.45. The molecule has 0 radical (unpaired) electrons. The van der Waals surface area contributed by atoms with Crippen molar-refractivity contribution in [1.29, 1.82) is 0 Å². The molecule has 0 saturated carbocycles. The summed E-state index contributed by atoms with van der Waals surface area (Å²) in [5, 5.41) is 5.80. The van der Waals surface area contributed by atoms with Gasteiger partial charge in [0.05, 0.1) is 6.04 Å². The molecule has 0 spiro atoms. The lowest BCUT2D eigenvalue weighted by Crippen LogP contribution is -2.15. The van der Waals surface area contributed by atoms with Crippen molar-refractivity contribution in [3.8, 4) is 0 Å². The second-order valence-electron chi connectivity index (χ2n) is 5.18. The fourth-order valence-electron chi connectivity index (χ4n) is 2.05. The van der Waals surface area contributed by atoms with E-state index in [1.54, 1.807) is 0 Å². The number of aryl methyl sites for hydroxylation is 2. The molecule has 0 aliphatic heterocycles. The molecule has 1 aromatic heterocycles. The molecule has 1 N–H and O–H groups in total. The molecule has 1 nitrogen and oxygen atoms in total. The largest absolute Gasteiger partial charge is 0.377 e. The SMILES string of the molecule is Cc1ccc(NC(c2cccs2)C(C)C)cc1C. The first kappa shape index (κ1) is 13.2. The van der Waals surface area contributed by atoms with Crippen molar-refractivity contribution in [2.75, 3.05) is 5.32 Å². The van der Waals surface area contributed by atoms with Gasteiger partial charge in [-0.3, -0.25) is 0 Å². The third-order valence-electron chi connectivity index (χ3n) is 3.35.